The van der Waals surface area contributed by atoms with Crippen LogP contribution in [-0.4, -0.2) is 24.1 Å². The van der Waals surface area contributed by atoms with Crippen LogP contribution in [0.25, 0.3) is 0 Å². The Morgan fingerprint density at radius 3 is 2.41 bits per heavy atom. The summed E-state index contributed by atoms with van der Waals surface area (Å²) in [5, 5.41) is 2.80. The molecule has 1 atom stereocenters. The molecule has 3 N–H and O–H groups in total. The standard InChI is InChI=1S/C16H25FN2O2.ClH/c1-4-13(21-14-10-8-7-9-12(14)17)15(20)19-11-16(18,5-2)6-3;/h7-10,13H,4-6,11,18H2,1-3H3,(H,19,20);1H. The normalized spacial score (nSPS) is 12.2. The highest BCUT2D eigenvalue weighted by Gasteiger charge is 2.24. The predicted octanol–water partition coefficient (Wildman–Crippen LogP) is 3.04. The summed E-state index contributed by atoms with van der Waals surface area (Å²) in [6.07, 6.45) is 1.28. The Kier molecular flexibility index (Phi) is 9.06. The van der Waals surface area contributed by atoms with Crippen LogP contribution in [-0.2, 0) is 4.79 Å². The number of para-hydroxylation sites is 1. The second-order valence-corrected chi connectivity index (χ2v) is 5.23. The van der Waals surface area contributed by atoms with Gasteiger partial charge in [-0.05, 0) is 31.4 Å². The zero-order valence-corrected chi connectivity index (χ0v) is 14.2. The van der Waals surface area contributed by atoms with Crippen LogP contribution in [0.1, 0.15) is 40.0 Å². The maximum atomic E-state index is 13.6. The lowest BCUT2D eigenvalue weighted by Gasteiger charge is -2.28. The number of nitrogens with one attached hydrogen (secondary N) is 1. The molecule has 0 aliphatic rings. The quantitative estimate of drug-likeness (QED) is 0.769. The van der Waals surface area contributed by atoms with Crippen molar-refractivity contribution < 1.29 is 13.9 Å². The van der Waals surface area contributed by atoms with Crippen molar-refractivity contribution in [3.8, 4) is 5.75 Å². The van der Waals surface area contributed by atoms with Gasteiger partial charge in [0.15, 0.2) is 17.7 Å². The maximum absolute atomic E-state index is 13.6. The number of hydrogen-bond acceptors (Lipinski definition) is 3. The molecule has 1 aromatic rings. The lowest BCUT2D eigenvalue weighted by Crippen LogP contribution is -2.51. The first kappa shape index (κ1) is 20.7. The molecule has 0 aliphatic heterocycles. The molecule has 1 aromatic carbocycles. The molecule has 0 fully saturated rings. The number of hydrogen-bond donors (Lipinski definition) is 2. The van der Waals surface area contributed by atoms with Crippen LogP contribution in [0.15, 0.2) is 24.3 Å². The van der Waals surface area contributed by atoms with Gasteiger partial charge in [0.2, 0.25) is 0 Å². The molecule has 0 bridgehead atoms. The number of rotatable bonds is 8. The molecule has 0 aromatic heterocycles. The number of ether oxygens (including phenoxy) is 1. The predicted molar refractivity (Wildman–Crippen MR) is 88.9 cm³/mol. The summed E-state index contributed by atoms with van der Waals surface area (Å²) in [7, 11) is 0. The van der Waals surface area contributed by atoms with Crippen LogP contribution in [0, 0.1) is 5.82 Å². The number of nitrogens with two attached hydrogens (primary N) is 1. The minimum absolute atomic E-state index is 0. The van der Waals surface area contributed by atoms with Crippen LogP contribution in [0.5, 0.6) is 5.75 Å². The van der Waals surface area contributed by atoms with Crippen LogP contribution in [0.3, 0.4) is 0 Å². The van der Waals surface area contributed by atoms with Crippen molar-refractivity contribution in [2.24, 2.45) is 5.73 Å². The molecule has 0 saturated carbocycles. The van der Waals surface area contributed by atoms with Crippen molar-refractivity contribution in [3.63, 3.8) is 0 Å². The number of carbonyl (C=O) groups is 1. The lowest BCUT2D eigenvalue weighted by atomic mass is 9.94. The van der Waals surface area contributed by atoms with E-state index in [9.17, 15) is 9.18 Å². The molecular weight excluding hydrogens is 307 g/mol. The zero-order valence-electron chi connectivity index (χ0n) is 13.4. The van der Waals surface area contributed by atoms with Crippen molar-refractivity contribution in [3.05, 3.63) is 30.1 Å². The van der Waals surface area contributed by atoms with Gasteiger partial charge < -0.3 is 15.8 Å². The fourth-order valence-corrected chi connectivity index (χ4v) is 1.89. The highest BCUT2D eigenvalue weighted by molar-refractivity contribution is 5.85. The first-order valence-electron chi connectivity index (χ1n) is 7.43. The summed E-state index contributed by atoms with van der Waals surface area (Å²) in [6, 6.07) is 6.06. The van der Waals surface area contributed by atoms with Gasteiger partial charge >= 0.3 is 0 Å². The van der Waals surface area contributed by atoms with Gasteiger partial charge in [0, 0.05) is 12.1 Å². The summed E-state index contributed by atoms with van der Waals surface area (Å²) >= 11 is 0. The summed E-state index contributed by atoms with van der Waals surface area (Å²) in [5.41, 5.74) is 5.74. The van der Waals surface area contributed by atoms with E-state index in [1.165, 1.54) is 12.1 Å². The first-order valence-corrected chi connectivity index (χ1v) is 7.43. The molecule has 1 unspecified atom stereocenters. The van der Waals surface area contributed by atoms with Gasteiger partial charge in [-0.2, -0.15) is 0 Å². The average Bonchev–Trinajstić information content (AvgIpc) is 2.51. The summed E-state index contributed by atoms with van der Waals surface area (Å²) in [5.74, 6) is -0.652. The number of halogens is 2. The van der Waals surface area contributed by atoms with Crippen molar-refractivity contribution in [2.75, 3.05) is 6.54 Å². The number of carbonyl (C=O) groups excluding carboxylic acids is 1. The second kappa shape index (κ2) is 9.64. The van der Waals surface area contributed by atoms with E-state index in [1.807, 2.05) is 20.8 Å². The van der Waals surface area contributed by atoms with Gasteiger partial charge in [0.25, 0.3) is 5.91 Å². The maximum Gasteiger partial charge on any atom is 0.261 e. The summed E-state index contributed by atoms with van der Waals surface area (Å²) < 4.78 is 19.0. The van der Waals surface area contributed by atoms with E-state index in [2.05, 4.69) is 5.32 Å². The minimum atomic E-state index is -0.722. The van der Waals surface area contributed by atoms with Gasteiger partial charge in [-0.1, -0.05) is 32.9 Å². The molecule has 0 saturated heterocycles. The van der Waals surface area contributed by atoms with Gasteiger partial charge in [0.05, 0.1) is 0 Å². The van der Waals surface area contributed by atoms with E-state index in [4.69, 9.17) is 10.5 Å². The molecule has 0 heterocycles. The monoisotopic (exact) mass is 332 g/mol. The number of amides is 1. The Hall–Kier alpha value is -1.33. The van der Waals surface area contributed by atoms with E-state index in [0.29, 0.717) is 13.0 Å². The summed E-state index contributed by atoms with van der Waals surface area (Å²) in [6.45, 7) is 6.18. The average molecular weight is 333 g/mol. The smallest absolute Gasteiger partial charge is 0.261 e. The third-order valence-corrected chi connectivity index (χ3v) is 3.79. The molecule has 1 amide bonds. The van der Waals surface area contributed by atoms with Crippen molar-refractivity contribution in [1.29, 1.82) is 0 Å². The minimum Gasteiger partial charge on any atom is -0.478 e. The second-order valence-electron chi connectivity index (χ2n) is 5.23. The lowest BCUT2D eigenvalue weighted by molar-refractivity contribution is -0.128. The fourth-order valence-electron chi connectivity index (χ4n) is 1.89. The highest BCUT2D eigenvalue weighted by Crippen LogP contribution is 2.18. The zero-order chi connectivity index (χ0) is 15.9. The van der Waals surface area contributed by atoms with E-state index in [-0.39, 0.29) is 24.1 Å². The first-order chi connectivity index (χ1) is 9.95. The van der Waals surface area contributed by atoms with E-state index < -0.39 is 17.5 Å². The van der Waals surface area contributed by atoms with Gasteiger partial charge in [0.1, 0.15) is 0 Å². The van der Waals surface area contributed by atoms with Crippen LogP contribution >= 0.6 is 12.4 Å². The Morgan fingerprint density at radius 2 is 1.91 bits per heavy atom. The van der Waals surface area contributed by atoms with Crippen LogP contribution in [0.4, 0.5) is 4.39 Å². The largest absolute Gasteiger partial charge is 0.478 e. The van der Waals surface area contributed by atoms with E-state index in [0.717, 1.165) is 12.8 Å². The Bertz CT molecular complexity index is 467. The molecule has 22 heavy (non-hydrogen) atoms. The summed E-state index contributed by atoms with van der Waals surface area (Å²) in [4.78, 5) is 12.2. The molecule has 126 valence electrons. The third-order valence-electron chi connectivity index (χ3n) is 3.79. The Labute approximate surface area is 138 Å². The molecule has 1 rings (SSSR count). The molecule has 0 spiro atoms. The van der Waals surface area contributed by atoms with Gasteiger partial charge in [-0.3, -0.25) is 4.79 Å². The number of benzene rings is 1. The molecular formula is C16H26ClFN2O2. The fraction of sp³-hybridized carbons (Fsp3) is 0.562. The van der Waals surface area contributed by atoms with Crippen molar-refractivity contribution in [1.82, 2.24) is 5.32 Å². The molecule has 0 radical (unpaired) electrons. The van der Waals surface area contributed by atoms with Crippen molar-refractivity contribution >= 4 is 18.3 Å². The van der Waals surface area contributed by atoms with Gasteiger partial charge in [-0.15, -0.1) is 12.4 Å². The molecule has 6 heteroatoms. The Balaban J connectivity index is 0.00000441. The third kappa shape index (κ3) is 5.81. The van der Waals surface area contributed by atoms with Crippen LogP contribution in [0.2, 0.25) is 0 Å². The van der Waals surface area contributed by atoms with E-state index >= 15 is 0 Å². The van der Waals surface area contributed by atoms with E-state index in [1.54, 1.807) is 12.1 Å². The highest BCUT2D eigenvalue weighted by atomic mass is 35.5. The SMILES string of the molecule is CCC(Oc1ccccc1F)C(=O)NCC(N)(CC)CC.Cl. The van der Waals surface area contributed by atoms with Crippen molar-refractivity contribution in [2.45, 2.75) is 51.7 Å². The Morgan fingerprint density at radius 1 is 1.32 bits per heavy atom. The molecule has 4 nitrogen and oxygen atoms in total. The topological polar surface area (TPSA) is 64.3 Å². The van der Waals surface area contributed by atoms with Crippen LogP contribution < -0.4 is 15.8 Å². The van der Waals surface area contributed by atoms with Gasteiger partial charge in [-0.25, -0.2) is 4.39 Å². The molecule has 0 aliphatic carbocycles.